The van der Waals surface area contributed by atoms with Crippen LogP contribution in [0, 0.1) is 0 Å². The first-order valence-electron chi connectivity index (χ1n) is 8.83. The number of nitrogens with one attached hydrogen (secondary N) is 1. The fraction of sp³-hybridized carbons (Fsp3) is 0.444. The smallest absolute Gasteiger partial charge is 0.332 e. The third kappa shape index (κ3) is 4.98. The maximum Gasteiger partial charge on any atom is 0.432 e. The van der Waals surface area contributed by atoms with Crippen molar-refractivity contribution in [1.29, 1.82) is 0 Å². The first kappa shape index (κ1) is 21.0. The molecule has 3 rings (SSSR count). The van der Waals surface area contributed by atoms with E-state index in [4.69, 9.17) is 23.2 Å². The van der Waals surface area contributed by atoms with E-state index in [1.165, 1.54) is 4.90 Å². The second-order valence-corrected chi connectivity index (χ2v) is 7.45. The van der Waals surface area contributed by atoms with E-state index in [9.17, 15) is 18.0 Å². The monoisotopic (exact) mass is 434 g/mol. The van der Waals surface area contributed by atoms with Crippen molar-refractivity contribution in [3.8, 4) is 0 Å². The van der Waals surface area contributed by atoms with E-state index < -0.39 is 17.8 Å². The minimum absolute atomic E-state index is 0.0827. The van der Waals surface area contributed by atoms with Gasteiger partial charge in [0.2, 0.25) is 0 Å². The second-order valence-electron chi connectivity index (χ2n) is 6.64. The lowest BCUT2D eigenvalue weighted by Crippen LogP contribution is -2.37. The number of alkyl halides is 3. The zero-order chi connectivity index (χ0) is 20.3. The quantitative estimate of drug-likeness (QED) is 0.729. The van der Waals surface area contributed by atoms with Crippen LogP contribution in [0.4, 0.5) is 13.2 Å². The van der Waals surface area contributed by atoms with Gasteiger partial charge >= 0.3 is 6.18 Å². The van der Waals surface area contributed by atoms with Gasteiger partial charge < -0.3 is 9.80 Å². The summed E-state index contributed by atoms with van der Waals surface area (Å²) in [6.45, 7) is 2.91. The molecule has 5 nitrogen and oxygen atoms in total. The molecule has 1 saturated heterocycles. The van der Waals surface area contributed by atoms with Gasteiger partial charge in [0.05, 0.1) is 0 Å². The van der Waals surface area contributed by atoms with Crippen molar-refractivity contribution in [2.24, 2.45) is 0 Å². The minimum atomic E-state index is -4.60. The van der Waals surface area contributed by atoms with E-state index in [0.717, 1.165) is 32.0 Å². The Morgan fingerprint density at radius 2 is 1.86 bits per heavy atom. The van der Waals surface area contributed by atoms with E-state index in [0.29, 0.717) is 28.7 Å². The van der Waals surface area contributed by atoms with Crippen molar-refractivity contribution < 1.29 is 18.0 Å². The maximum absolute atomic E-state index is 12.9. The number of H-pyrrole nitrogens is 1. The summed E-state index contributed by atoms with van der Waals surface area (Å²) in [7, 11) is 0. The van der Waals surface area contributed by atoms with E-state index in [1.807, 2.05) is 5.10 Å². The zero-order valence-electron chi connectivity index (χ0n) is 14.9. The van der Waals surface area contributed by atoms with Crippen molar-refractivity contribution in [3.63, 3.8) is 0 Å². The molecule has 1 amide bonds. The molecule has 0 unspecified atom stereocenters. The van der Waals surface area contributed by atoms with E-state index in [1.54, 1.807) is 18.2 Å². The number of halogens is 5. The standard InChI is InChI=1S/C18H19Cl2F3N4O/c19-13-4-3-5-14(20)12(13)11-27(9-8-26-6-1-2-7-26)17(28)15-10-16(25-24-15)18(21,22)23/h3-5,10H,1-2,6-9,11H2,(H,24,25). The summed E-state index contributed by atoms with van der Waals surface area (Å²) >= 11 is 12.4. The molecule has 1 aliphatic rings. The number of carbonyl (C=O) groups excluding carboxylic acids is 1. The Bertz CT molecular complexity index is 814. The normalized spacial score (nSPS) is 15.2. The molecule has 0 atom stereocenters. The van der Waals surface area contributed by atoms with Gasteiger partial charge in [0, 0.05) is 41.3 Å². The number of amides is 1. The number of aromatic amines is 1. The number of hydrogen-bond acceptors (Lipinski definition) is 3. The van der Waals surface area contributed by atoms with Gasteiger partial charge in [-0.25, -0.2) is 0 Å². The maximum atomic E-state index is 12.9. The first-order chi connectivity index (χ1) is 13.3. The van der Waals surface area contributed by atoms with Crippen LogP contribution in [-0.2, 0) is 12.7 Å². The van der Waals surface area contributed by atoms with Crippen LogP contribution in [0.15, 0.2) is 24.3 Å². The van der Waals surface area contributed by atoms with Crippen molar-refractivity contribution in [1.82, 2.24) is 20.0 Å². The van der Waals surface area contributed by atoms with Crippen LogP contribution in [0.25, 0.3) is 0 Å². The Morgan fingerprint density at radius 1 is 1.21 bits per heavy atom. The fourth-order valence-electron chi connectivity index (χ4n) is 3.13. The molecule has 0 saturated carbocycles. The van der Waals surface area contributed by atoms with Gasteiger partial charge in [-0.3, -0.25) is 9.89 Å². The van der Waals surface area contributed by atoms with Crippen molar-refractivity contribution in [3.05, 3.63) is 51.3 Å². The summed E-state index contributed by atoms with van der Waals surface area (Å²) in [6, 6.07) is 5.72. The van der Waals surface area contributed by atoms with Crippen LogP contribution in [0.2, 0.25) is 10.0 Å². The molecule has 0 spiro atoms. The van der Waals surface area contributed by atoms with Crippen LogP contribution < -0.4 is 0 Å². The number of carbonyl (C=O) groups is 1. The molecule has 1 aliphatic heterocycles. The molecule has 2 heterocycles. The predicted molar refractivity (Wildman–Crippen MR) is 100 cm³/mol. The minimum Gasteiger partial charge on any atom is -0.332 e. The molecule has 1 aromatic carbocycles. The molecule has 1 fully saturated rings. The van der Waals surface area contributed by atoms with Gasteiger partial charge in [-0.2, -0.15) is 18.3 Å². The van der Waals surface area contributed by atoms with Gasteiger partial charge in [0.1, 0.15) is 5.69 Å². The number of rotatable bonds is 6. The number of nitrogens with zero attached hydrogens (tertiary/aromatic N) is 3. The highest BCUT2D eigenvalue weighted by atomic mass is 35.5. The highest BCUT2D eigenvalue weighted by Crippen LogP contribution is 2.29. The molecule has 1 aromatic heterocycles. The largest absolute Gasteiger partial charge is 0.432 e. The summed E-state index contributed by atoms with van der Waals surface area (Å²) < 4.78 is 38.5. The van der Waals surface area contributed by atoms with Gasteiger partial charge in [-0.05, 0) is 38.1 Å². The number of likely N-dealkylation sites (tertiary alicyclic amines) is 1. The topological polar surface area (TPSA) is 52.2 Å². The molecule has 1 N–H and O–H groups in total. The Kier molecular flexibility index (Phi) is 6.52. The van der Waals surface area contributed by atoms with E-state index >= 15 is 0 Å². The van der Waals surface area contributed by atoms with Crippen molar-refractivity contribution >= 4 is 29.1 Å². The van der Waals surface area contributed by atoms with Crippen LogP contribution in [0.1, 0.15) is 34.6 Å². The molecule has 0 radical (unpaired) electrons. The third-order valence-corrected chi connectivity index (χ3v) is 5.39. The van der Waals surface area contributed by atoms with E-state index in [2.05, 4.69) is 10.00 Å². The highest BCUT2D eigenvalue weighted by molar-refractivity contribution is 6.36. The molecule has 2 aromatic rings. The number of benzene rings is 1. The Hall–Kier alpha value is -1.77. The SMILES string of the molecule is O=C(c1cc(C(F)(F)F)[nH]n1)N(CCN1CCCC1)Cc1c(Cl)cccc1Cl. The molecular formula is C18H19Cl2F3N4O. The average Bonchev–Trinajstić information content (AvgIpc) is 3.31. The van der Waals surface area contributed by atoms with Crippen LogP contribution in [-0.4, -0.2) is 52.1 Å². The van der Waals surface area contributed by atoms with Crippen molar-refractivity contribution in [2.75, 3.05) is 26.2 Å². The lowest BCUT2D eigenvalue weighted by molar-refractivity contribution is -0.141. The summed E-state index contributed by atoms with van der Waals surface area (Å²) in [5, 5.41) is 6.22. The lowest BCUT2D eigenvalue weighted by Gasteiger charge is -2.25. The van der Waals surface area contributed by atoms with Crippen LogP contribution in [0.5, 0.6) is 0 Å². The summed E-state index contributed by atoms with van der Waals surface area (Å²) in [5.41, 5.74) is -0.810. The summed E-state index contributed by atoms with van der Waals surface area (Å²) in [4.78, 5) is 16.5. The predicted octanol–water partition coefficient (Wildman–Crippen LogP) is 4.47. The molecule has 0 aliphatic carbocycles. The van der Waals surface area contributed by atoms with E-state index in [-0.39, 0.29) is 12.2 Å². The van der Waals surface area contributed by atoms with Gasteiger partial charge in [0.25, 0.3) is 5.91 Å². The average molecular weight is 435 g/mol. The van der Waals surface area contributed by atoms with Gasteiger partial charge in [-0.1, -0.05) is 29.3 Å². The molecule has 0 bridgehead atoms. The summed E-state index contributed by atoms with van der Waals surface area (Å²) in [6.07, 6.45) is -2.41. The third-order valence-electron chi connectivity index (χ3n) is 4.69. The number of aromatic nitrogens is 2. The first-order valence-corrected chi connectivity index (χ1v) is 9.58. The zero-order valence-corrected chi connectivity index (χ0v) is 16.4. The van der Waals surface area contributed by atoms with Gasteiger partial charge in [-0.15, -0.1) is 0 Å². The molecule has 152 valence electrons. The van der Waals surface area contributed by atoms with Crippen molar-refractivity contribution in [2.45, 2.75) is 25.6 Å². The molecule has 10 heteroatoms. The van der Waals surface area contributed by atoms with Crippen LogP contribution >= 0.6 is 23.2 Å². The molecule has 28 heavy (non-hydrogen) atoms. The lowest BCUT2D eigenvalue weighted by atomic mass is 10.2. The van der Waals surface area contributed by atoms with Crippen LogP contribution in [0.3, 0.4) is 0 Å². The van der Waals surface area contributed by atoms with Gasteiger partial charge in [0.15, 0.2) is 5.69 Å². The molecular weight excluding hydrogens is 416 g/mol. The summed E-state index contributed by atoms with van der Waals surface area (Å²) in [5.74, 6) is -0.609. The fourth-order valence-corrected chi connectivity index (χ4v) is 3.65. The second kappa shape index (κ2) is 8.71. The Labute approximate surface area is 170 Å². The highest BCUT2D eigenvalue weighted by Gasteiger charge is 2.34. The Morgan fingerprint density at radius 3 is 2.43 bits per heavy atom. The number of hydrogen-bond donors (Lipinski definition) is 1. The Balaban J connectivity index is 1.82.